The summed E-state index contributed by atoms with van der Waals surface area (Å²) in [6.07, 6.45) is 8.22. The molecule has 0 spiro atoms. The van der Waals surface area contributed by atoms with Gasteiger partial charge in [-0.3, -0.25) is 0 Å². The highest BCUT2D eigenvalue weighted by atomic mass is 15.0. The van der Waals surface area contributed by atoms with Gasteiger partial charge in [-0.2, -0.15) is 0 Å². The molecular weight excluding hydrogens is 544 g/mol. The largest absolute Gasteiger partial charge is 0.310 e. The molecule has 3 bridgehead atoms. The second-order valence-corrected chi connectivity index (χ2v) is 16.5. The van der Waals surface area contributed by atoms with Crippen LogP contribution in [0.1, 0.15) is 99.6 Å². The maximum atomic E-state index is 4.20. The first-order chi connectivity index (χ1) is 21.7. The van der Waals surface area contributed by atoms with Crippen LogP contribution < -0.4 is 10.6 Å². The van der Waals surface area contributed by atoms with E-state index < -0.39 is 0 Å². The van der Waals surface area contributed by atoms with Crippen LogP contribution in [0, 0.1) is 17.8 Å². The molecule has 3 fully saturated rings. The fourth-order valence-electron chi connectivity index (χ4n) is 10.9. The van der Waals surface area contributed by atoms with E-state index in [1.54, 1.807) is 0 Å². The lowest BCUT2D eigenvalue weighted by Crippen LogP contribution is -2.47. The highest BCUT2D eigenvalue weighted by Gasteiger charge is 2.52. The first-order valence-corrected chi connectivity index (χ1v) is 17.7. The van der Waals surface area contributed by atoms with Crippen molar-refractivity contribution in [3.8, 4) is 22.3 Å². The van der Waals surface area contributed by atoms with E-state index in [-0.39, 0.29) is 10.8 Å². The Labute approximate surface area is 270 Å². The van der Waals surface area contributed by atoms with Crippen molar-refractivity contribution in [3.63, 3.8) is 0 Å². The standard InChI is InChI=1S/C43H48N2/c1-41(2)37-11-7-5-9-33(37)35-15-13-27(19-39(35)41)25-44-32-18-29-17-30-23-43(22-29,24-31(30)21-32)45-26-28-14-16-36-34-10-6-8-12-38(34)42(3,4)40(36)20-28/h5-16,19-20,29-32,44-45H,17-18,21-26H2,1-4H3. The first kappa shape index (κ1) is 28.1. The highest BCUT2D eigenvalue weighted by molar-refractivity contribution is 5.81. The molecule has 2 heteroatoms. The van der Waals surface area contributed by atoms with Gasteiger partial charge in [0.05, 0.1) is 0 Å². The third-order valence-corrected chi connectivity index (χ3v) is 13.1. The van der Waals surface area contributed by atoms with Crippen molar-refractivity contribution in [2.75, 3.05) is 0 Å². The fourth-order valence-corrected chi connectivity index (χ4v) is 10.9. The van der Waals surface area contributed by atoms with E-state index in [1.807, 2.05) is 0 Å². The average Bonchev–Trinajstić information content (AvgIpc) is 3.49. The minimum absolute atomic E-state index is 0.0730. The Kier molecular flexibility index (Phi) is 6.17. The van der Waals surface area contributed by atoms with Crippen LogP contribution in [0.4, 0.5) is 0 Å². The van der Waals surface area contributed by atoms with Gasteiger partial charge in [-0.15, -0.1) is 0 Å². The van der Waals surface area contributed by atoms with Gasteiger partial charge in [-0.05, 0) is 112 Å². The van der Waals surface area contributed by atoms with Crippen LogP contribution in [0.15, 0.2) is 84.9 Å². The summed E-state index contributed by atoms with van der Waals surface area (Å²) >= 11 is 0. The maximum Gasteiger partial charge on any atom is 0.0210 e. The van der Waals surface area contributed by atoms with Crippen LogP contribution in [0.3, 0.4) is 0 Å². The monoisotopic (exact) mass is 592 g/mol. The Bertz CT molecular complexity index is 1810. The molecule has 5 atom stereocenters. The summed E-state index contributed by atoms with van der Waals surface area (Å²) in [6, 6.07) is 33.1. The summed E-state index contributed by atoms with van der Waals surface area (Å²) in [4.78, 5) is 0. The minimum atomic E-state index is 0.0730. The predicted molar refractivity (Wildman–Crippen MR) is 186 cm³/mol. The third kappa shape index (κ3) is 4.35. The summed E-state index contributed by atoms with van der Waals surface area (Å²) < 4.78 is 0. The van der Waals surface area contributed by atoms with Crippen molar-refractivity contribution in [3.05, 3.63) is 118 Å². The third-order valence-electron chi connectivity index (χ3n) is 13.1. The van der Waals surface area contributed by atoms with E-state index >= 15 is 0 Å². The molecule has 0 aliphatic heterocycles. The Hall–Kier alpha value is -3.20. The summed E-state index contributed by atoms with van der Waals surface area (Å²) in [5, 5.41) is 8.28. The zero-order valence-electron chi connectivity index (χ0n) is 27.5. The molecule has 0 aromatic heterocycles. The molecule has 5 aliphatic rings. The number of fused-ring (bicyclic) bond motifs is 8. The van der Waals surface area contributed by atoms with Crippen molar-refractivity contribution < 1.29 is 0 Å². The Morgan fingerprint density at radius 2 is 1.09 bits per heavy atom. The second kappa shape index (κ2) is 9.90. The Morgan fingerprint density at radius 1 is 0.556 bits per heavy atom. The molecule has 0 amide bonds. The molecule has 5 unspecified atom stereocenters. The highest BCUT2D eigenvalue weighted by Crippen LogP contribution is 2.56. The number of nitrogens with one attached hydrogen (secondary N) is 2. The molecule has 9 rings (SSSR count). The van der Waals surface area contributed by atoms with Gasteiger partial charge in [0.15, 0.2) is 0 Å². The van der Waals surface area contributed by atoms with Gasteiger partial charge in [-0.25, -0.2) is 0 Å². The van der Waals surface area contributed by atoms with Crippen molar-refractivity contribution in [1.29, 1.82) is 0 Å². The molecule has 230 valence electrons. The molecular formula is C43H48N2. The van der Waals surface area contributed by atoms with Gasteiger partial charge in [0, 0.05) is 35.5 Å². The maximum absolute atomic E-state index is 4.20. The van der Waals surface area contributed by atoms with Gasteiger partial charge in [0.25, 0.3) is 0 Å². The summed E-state index contributed by atoms with van der Waals surface area (Å²) in [5.74, 6) is 2.59. The molecule has 2 nitrogen and oxygen atoms in total. The van der Waals surface area contributed by atoms with Gasteiger partial charge in [0.2, 0.25) is 0 Å². The molecule has 5 aliphatic carbocycles. The van der Waals surface area contributed by atoms with E-state index in [4.69, 9.17) is 0 Å². The van der Waals surface area contributed by atoms with Gasteiger partial charge in [0.1, 0.15) is 0 Å². The van der Waals surface area contributed by atoms with Crippen LogP contribution in [0.2, 0.25) is 0 Å². The smallest absolute Gasteiger partial charge is 0.0210 e. The zero-order chi connectivity index (χ0) is 30.6. The predicted octanol–water partition coefficient (Wildman–Crippen LogP) is 9.52. The van der Waals surface area contributed by atoms with E-state index in [0.717, 1.165) is 30.8 Å². The van der Waals surface area contributed by atoms with Gasteiger partial charge < -0.3 is 10.6 Å². The lowest BCUT2D eigenvalue weighted by Gasteiger charge is -2.40. The van der Waals surface area contributed by atoms with Crippen molar-refractivity contribution >= 4 is 0 Å². The topological polar surface area (TPSA) is 24.1 Å². The molecule has 0 radical (unpaired) electrons. The Balaban J connectivity index is 0.864. The number of hydrogen-bond donors (Lipinski definition) is 2. The van der Waals surface area contributed by atoms with E-state index in [1.165, 1.54) is 94.2 Å². The lowest BCUT2D eigenvalue weighted by molar-refractivity contribution is 0.173. The fraction of sp³-hybridized carbons (Fsp3) is 0.442. The number of hydrogen-bond acceptors (Lipinski definition) is 2. The molecule has 0 saturated heterocycles. The molecule has 2 N–H and O–H groups in total. The molecule has 4 aromatic carbocycles. The summed E-state index contributed by atoms with van der Waals surface area (Å²) in [7, 11) is 0. The van der Waals surface area contributed by atoms with Gasteiger partial charge >= 0.3 is 0 Å². The van der Waals surface area contributed by atoms with Crippen molar-refractivity contribution in [2.24, 2.45) is 17.8 Å². The molecule has 4 aromatic rings. The molecule has 3 saturated carbocycles. The van der Waals surface area contributed by atoms with Gasteiger partial charge in [-0.1, -0.05) is 113 Å². The summed E-state index contributed by atoms with van der Waals surface area (Å²) in [5.41, 5.74) is 15.0. The minimum Gasteiger partial charge on any atom is -0.310 e. The van der Waals surface area contributed by atoms with Crippen LogP contribution >= 0.6 is 0 Å². The Morgan fingerprint density at radius 3 is 1.71 bits per heavy atom. The quantitative estimate of drug-likeness (QED) is 0.233. The molecule has 45 heavy (non-hydrogen) atoms. The van der Waals surface area contributed by atoms with E-state index in [0.29, 0.717) is 11.6 Å². The first-order valence-electron chi connectivity index (χ1n) is 17.7. The van der Waals surface area contributed by atoms with Crippen LogP contribution in [0.25, 0.3) is 22.3 Å². The molecule has 0 heterocycles. The SMILES string of the molecule is CC1(C)c2ccccc2-c2ccc(CNC3CC4CC5CC(NCc6ccc7c(c6)C(C)(C)c6ccccc6-7)(C4)CC5C3)cc21. The average molecular weight is 593 g/mol. The normalized spacial score (nSPS) is 29.2. The van der Waals surface area contributed by atoms with Crippen LogP contribution in [0.5, 0.6) is 0 Å². The van der Waals surface area contributed by atoms with E-state index in [2.05, 4.69) is 123 Å². The van der Waals surface area contributed by atoms with Crippen LogP contribution in [-0.2, 0) is 23.9 Å². The number of rotatable bonds is 6. The zero-order valence-corrected chi connectivity index (χ0v) is 27.5. The second-order valence-electron chi connectivity index (χ2n) is 16.5. The number of benzene rings is 4. The lowest BCUT2D eigenvalue weighted by atomic mass is 9.74. The van der Waals surface area contributed by atoms with Crippen molar-refractivity contribution in [2.45, 2.75) is 102 Å². The summed E-state index contributed by atoms with van der Waals surface area (Å²) in [6.45, 7) is 11.5. The van der Waals surface area contributed by atoms with Crippen LogP contribution in [-0.4, -0.2) is 11.6 Å². The van der Waals surface area contributed by atoms with Crippen molar-refractivity contribution in [1.82, 2.24) is 10.6 Å². The van der Waals surface area contributed by atoms with E-state index in [9.17, 15) is 0 Å².